The van der Waals surface area contributed by atoms with Gasteiger partial charge in [-0.05, 0) is 36.4 Å². The highest BCUT2D eigenvalue weighted by Gasteiger charge is 2.33. The number of rotatable bonds is 4. The molecule has 0 radical (unpaired) electrons. The summed E-state index contributed by atoms with van der Waals surface area (Å²) in [6.45, 7) is 5.07. The lowest BCUT2D eigenvalue weighted by atomic mass is 10.2. The minimum absolute atomic E-state index is 0.0945. The number of carbonyl (C=O) groups is 1. The number of aromatic hydroxyl groups is 1. The van der Waals surface area contributed by atoms with Crippen LogP contribution in [0.25, 0.3) is 0 Å². The highest BCUT2D eigenvalue weighted by molar-refractivity contribution is 5.89. The lowest BCUT2D eigenvalue weighted by Crippen LogP contribution is -2.49. The van der Waals surface area contributed by atoms with E-state index >= 15 is 0 Å². The number of phenols is 1. The molecule has 2 heterocycles. The summed E-state index contributed by atoms with van der Waals surface area (Å²) in [5.74, 6) is 0.290. The van der Waals surface area contributed by atoms with E-state index in [1.54, 1.807) is 17.0 Å². The average Bonchev–Trinajstić information content (AvgIpc) is 3.04. The molecule has 2 aliphatic rings. The maximum Gasteiger partial charge on any atom is 0.414 e. The van der Waals surface area contributed by atoms with Crippen LogP contribution in [0.1, 0.15) is 0 Å². The Morgan fingerprint density at radius 3 is 2.31 bits per heavy atom. The van der Waals surface area contributed by atoms with Crippen LogP contribution in [0, 0.1) is 0 Å². The summed E-state index contributed by atoms with van der Waals surface area (Å²) in [5.41, 5.74) is 2.02. The van der Waals surface area contributed by atoms with Gasteiger partial charge in [-0.25, -0.2) is 4.79 Å². The lowest BCUT2D eigenvalue weighted by Gasteiger charge is -2.36. The van der Waals surface area contributed by atoms with Crippen molar-refractivity contribution >= 4 is 17.5 Å². The van der Waals surface area contributed by atoms with E-state index in [0.29, 0.717) is 12.3 Å². The first kappa shape index (κ1) is 16.7. The Morgan fingerprint density at radius 2 is 1.62 bits per heavy atom. The number of phenolic OH excluding ortho intramolecular Hbond substituents is 1. The van der Waals surface area contributed by atoms with E-state index in [9.17, 15) is 9.90 Å². The van der Waals surface area contributed by atoms with E-state index in [1.165, 1.54) is 0 Å². The molecule has 6 heteroatoms. The molecule has 2 saturated heterocycles. The summed E-state index contributed by atoms with van der Waals surface area (Å²) >= 11 is 0. The van der Waals surface area contributed by atoms with Gasteiger partial charge in [-0.15, -0.1) is 0 Å². The number of amides is 1. The molecule has 2 fully saturated rings. The van der Waals surface area contributed by atoms with Crippen molar-refractivity contribution in [2.45, 2.75) is 6.10 Å². The molecule has 136 valence electrons. The van der Waals surface area contributed by atoms with Crippen molar-refractivity contribution in [3.05, 3.63) is 54.6 Å². The van der Waals surface area contributed by atoms with E-state index in [0.717, 1.165) is 44.1 Å². The van der Waals surface area contributed by atoms with Crippen molar-refractivity contribution in [3.63, 3.8) is 0 Å². The number of benzene rings is 2. The third-order valence-electron chi connectivity index (χ3n) is 4.99. The zero-order valence-electron chi connectivity index (χ0n) is 14.6. The maximum absolute atomic E-state index is 12.1. The van der Waals surface area contributed by atoms with E-state index < -0.39 is 0 Å². The largest absolute Gasteiger partial charge is 0.508 e. The van der Waals surface area contributed by atoms with E-state index in [4.69, 9.17) is 4.74 Å². The minimum atomic E-state index is -0.260. The molecule has 6 nitrogen and oxygen atoms in total. The van der Waals surface area contributed by atoms with E-state index in [-0.39, 0.29) is 12.2 Å². The minimum Gasteiger partial charge on any atom is -0.508 e. The molecule has 26 heavy (non-hydrogen) atoms. The Balaban J connectivity index is 1.30. The molecule has 4 rings (SSSR count). The molecule has 1 unspecified atom stereocenters. The molecule has 0 aromatic heterocycles. The molecule has 0 saturated carbocycles. The Kier molecular flexibility index (Phi) is 4.67. The molecule has 1 N–H and O–H groups in total. The fourth-order valence-corrected chi connectivity index (χ4v) is 3.58. The van der Waals surface area contributed by atoms with Gasteiger partial charge < -0.3 is 14.7 Å². The van der Waals surface area contributed by atoms with Gasteiger partial charge in [-0.1, -0.05) is 18.2 Å². The van der Waals surface area contributed by atoms with Crippen molar-refractivity contribution < 1.29 is 14.6 Å². The monoisotopic (exact) mass is 353 g/mol. The number of piperazine rings is 1. The number of carbonyl (C=O) groups excluding carboxylic acids is 1. The summed E-state index contributed by atoms with van der Waals surface area (Å²) in [5, 5.41) is 9.41. The van der Waals surface area contributed by atoms with Gasteiger partial charge in [0.15, 0.2) is 0 Å². The molecule has 2 aromatic carbocycles. The lowest BCUT2D eigenvalue weighted by molar-refractivity contribution is 0.106. The van der Waals surface area contributed by atoms with Crippen LogP contribution in [0.4, 0.5) is 16.2 Å². The fraction of sp³-hybridized carbons (Fsp3) is 0.350. The third kappa shape index (κ3) is 3.60. The summed E-state index contributed by atoms with van der Waals surface area (Å²) < 4.78 is 5.56. The van der Waals surface area contributed by atoms with Crippen LogP contribution in [0.5, 0.6) is 5.75 Å². The predicted octanol–water partition coefficient (Wildman–Crippen LogP) is 2.54. The van der Waals surface area contributed by atoms with Crippen LogP contribution in [-0.4, -0.2) is 61.5 Å². The van der Waals surface area contributed by atoms with Gasteiger partial charge >= 0.3 is 6.09 Å². The summed E-state index contributed by atoms with van der Waals surface area (Å²) in [6.07, 6.45) is -0.355. The smallest absolute Gasteiger partial charge is 0.414 e. The fourth-order valence-electron chi connectivity index (χ4n) is 3.58. The molecular formula is C20H23N3O3. The van der Waals surface area contributed by atoms with Crippen molar-refractivity contribution in [2.24, 2.45) is 0 Å². The number of hydrogen-bond acceptors (Lipinski definition) is 5. The topological polar surface area (TPSA) is 56.3 Å². The van der Waals surface area contributed by atoms with E-state index in [2.05, 4.69) is 9.80 Å². The van der Waals surface area contributed by atoms with Crippen LogP contribution in [0.3, 0.4) is 0 Å². The van der Waals surface area contributed by atoms with Gasteiger partial charge in [-0.3, -0.25) is 9.80 Å². The first-order chi connectivity index (χ1) is 12.7. The van der Waals surface area contributed by atoms with Crippen molar-refractivity contribution in [1.82, 2.24) is 4.90 Å². The molecule has 1 amide bonds. The molecule has 2 aromatic rings. The molecular weight excluding hydrogens is 330 g/mol. The van der Waals surface area contributed by atoms with Gasteiger partial charge in [0.2, 0.25) is 0 Å². The first-order valence-electron chi connectivity index (χ1n) is 8.98. The van der Waals surface area contributed by atoms with Gasteiger partial charge in [0.05, 0.1) is 6.54 Å². The van der Waals surface area contributed by atoms with Crippen molar-refractivity contribution in [3.8, 4) is 5.75 Å². The number of cyclic esters (lactones) is 1. The average molecular weight is 353 g/mol. The van der Waals surface area contributed by atoms with Crippen LogP contribution in [0.15, 0.2) is 54.6 Å². The Labute approximate surface area is 153 Å². The molecule has 1 atom stereocenters. The summed E-state index contributed by atoms with van der Waals surface area (Å²) in [4.78, 5) is 18.5. The van der Waals surface area contributed by atoms with Gasteiger partial charge in [-0.2, -0.15) is 0 Å². The number of nitrogens with zero attached hydrogens (tertiary/aromatic N) is 3. The van der Waals surface area contributed by atoms with Crippen molar-refractivity contribution in [1.29, 1.82) is 0 Å². The zero-order valence-corrected chi connectivity index (χ0v) is 14.6. The van der Waals surface area contributed by atoms with Gasteiger partial charge in [0.25, 0.3) is 0 Å². The van der Waals surface area contributed by atoms with Crippen molar-refractivity contribution in [2.75, 3.05) is 49.1 Å². The van der Waals surface area contributed by atoms with Crippen LogP contribution < -0.4 is 9.80 Å². The quantitative estimate of drug-likeness (QED) is 0.915. The molecule has 2 aliphatic heterocycles. The zero-order chi connectivity index (χ0) is 17.9. The highest BCUT2D eigenvalue weighted by Crippen LogP contribution is 2.23. The second kappa shape index (κ2) is 7.25. The SMILES string of the molecule is O=C1OC(CN2CCN(c3ccc(O)cc3)CC2)CN1c1ccccc1. The highest BCUT2D eigenvalue weighted by atomic mass is 16.6. The summed E-state index contributed by atoms with van der Waals surface area (Å²) in [7, 11) is 0. The molecule has 0 aliphatic carbocycles. The second-order valence-corrected chi connectivity index (χ2v) is 6.76. The van der Waals surface area contributed by atoms with Crippen LogP contribution >= 0.6 is 0 Å². The summed E-state index contributed by atoms with van der Waals surface area (Å²) in [6, 6.07) is 17.0. The Hall–Kier alpha value is -2.73. The normalized spacial score (nSPS) is 21.1. The van der Waals surface area contributed by atoms with Gasteiger partial charge in [0.1, 0.15) is 11.9 Å². The second-order valence-electron chi connectivity index (χ2n) is 6.76. The van der Waals surface area contributed by atoms with Crippen LogP contribution in [0.2, 0.25) is 0 Å². The number of ether oxygens (including phenoxy) is 1. The number of para-hydroxylation sites is 1. The first-order valence-corrected chi connectivity index (χ1v) is 8.98. The predicted molar refractivity (Wildman–Crippen MR) is 101 cm³/mol. The van der Waals surface area contributed by atoms with Gasteiger partial charge in [0, 0.05) is 44.1 Å². The van der Waals surface area contributed by atoms with Crippen LogP contribution in [-0.2, 0) is 4.74 Å². The number of hydrogen-bond donors (Lipinski definition) is 1. The third-order valence-corrected chi connectivity index (χ3v) is 4.99. The maximum atomic E-state index is 12.1. The molecule has 0 spiro atoms. The standard InChI is InChI=1S/C20H23N3O3/c24-18-8-6-16(7-9-18)22-12-10-21(11-13-22)14-19-15-23(20(25)26-19)17-4-2-1-3-5-17/h1-9,19,24H,10-15H2. The van der Waals surface area contributed by atoms with E-state index in [1.807, 2.05) is 42.5 Å². The molecule has 0 bridgehead atoms. The Bertz CT molecular complexity index is 743. The number of anilines is 2. The Morgan fingerprint density at radius 1 is 0.923 bits per heavy atom.